The lowest BCUT2D eigenvalue weighted by molar-refractivity contribution is 0.414. The van der Waals surface area contributed by atoms with Crippen LogP contribution in [0.5, 0.6) is 5.75 Å². The highest BCUT2D eigenvalue weighted by molar-refractivity contribution is 7.89. The number of nitrogens with one attached hydrogen (secondary N) is 1. The number of hydrogen-bond acceptors (Lipinski definition) is 3. The third-order valence-corrected chi connectivity index (χ3v) is 4.01. The number of hydrogen-bond donors (Lipinski definition) is 1. The summed E-state index contributed by atoms with van der Waals surface area (Å²) in [5.41, 5.74) is 1.03. The van der Waals surface area contributed by atoms with Crippen molar-refractivity contribution in [3.05, 3.63) is 29.8 Å². The first-order valence-corrected chi connectivity index (χ1v) is 7.42. The van der Waals surface area contributed by atoms with Crippen molar-refractivity contribution in [1.29, 1.82) is 0 Å². The van der Waals surface area contributed by atoms with Gasteiger partial charge in [0.05, 0.1) is 12.9 Å². The van der Waals surface area contributed by atoms with Gasteiger partial charge in [-0.2, -0.15) is 0 Å². The predicted molar refractivity (Wildman–Crippen MR) is 69.2 cm³/mol. The molecule has 1 rings (SSSR count). The van der Waals surface area contributed by atoms with Crippen molar-refractivity contribution in [3.8, 4) is 5.75 Å². The predicted octanol–water partition coefficient (Wildman–Crippen LogP) is 1.40. The number of halogens is 1. The van der Waals surface area contributed by atoms with Crippen LogP contribution in [0.1, 0.15) is 5.56 Å². The van der Waals surface area contributed by atoms with Crippen LogP contribution in [0, 0.1) is 0 Å². The Hall–Kier alpha value is -0.780. The van der Waals surface area contributed by atoms with E-state index in [4.69, 9.17) is 16.3 Å². The number of rotatable bonds is 7. The summed E-state index contributed by atoms with van der Waals surface area (Å²) in [4.78, 5) is 0. The van der Waals surface area contributed by atoms with E-state index in [0.29, 0.717) is 13.0 Å². The van der Waals surface area contributed by atoms with Gasteiger partial charge in [-0.3, -0.25) is 0 Å². The largest absolute Gasteiger partial charge is 0.497 e. The van der Waals surface area contributed by atoms with E-state index in [-0.39, 0.29) is 11.6 Å². The van der Waals surface area contributed by atoms with Crippen LogP contribution < -0.4 is 9.46 Å². The summed E-state index contributed by atoms with van der Waals surface area (Å²) in [5.74, 6) is 0.826. The summed E-state index contributed by atoms with van der Waals surface area (Å²) in [5, 5.41) is 0. The van der Waals surface area contributed by atoms with E-state index in [1.807, 2.05) is 24.3 Å². The summed E-state index contributed by atoms with van der Waals surface area (Å²) in [6.07, 6.45) is 0.624. The maximum atomic E-state index is 11.3. The third kappa shape index (κ3) is 5.39. The maximum absolute atomic E-state index is 11.3. The lowest BCUT2D eigenvalue weighted by Crippen LogP contribution is -2.28. The fraction of sp³-hybridized carbons (Fsp3) is 0.455. The first-order chi connectivity index (χ1) is 8.07. The second-order valence-electron chi connectivity index (χ2n) is 3.50. The molecule has 0 aliphatic heterocycles. The molecule has 0 aromatic heterocycles. The molecule has 0 radical (unpaired) electrons. The van der Waals surface area contributed by atoms with Crippen LogP contribution in [0.2, 0.25) is 0 Å². The zero-order valence-electron chi connectivity index (χ0n) is 9.65. The topological polar surface area (TPSA) is 55.4 Å². The number of sulfonamides is 1. The van der Waals surface area contributed by atoms with E-state index in [1.165, 1.54) is 0 Å². The molecule has 0 bridgehead atoms. The Bertz CT molecular complexity index is 448. The van der Waals surface area contributed by atoms with E-state index in [9.17, 15) is 8.42 Å². The molecule has 0 aliphatic carbocycles. The molecule has 96 valence electrons. The van der Waals surface area contributed by atoms with Gasteiger partial charge >= 0.3 is 0 Å². The molecule has 1 aromatic carbocycles. The molecule has 0 fully saturated rings. The highest BCUT2D eigenvalue weighted by Crippen LogP contribution is 2.12. The molecule has 0 amide bonds. The van der Waals surface area contributed by atoms with Gasteiger partial charge < -0.3 is 4.74 Å². The summed E-state index contributed by atoms with van der Waals surface area (Å²) >= 11 is 5.39. The standard InChI is InChI=1S/C11H16ClNO3S/c1-16-11-4-2-3-10(9-11)5-7-13-17(14,15)8-6-12/h2-4,9,13H,5-8H2,1H3. The molecule has 1 aromatic rings. The van der Waals surface area contributed by atoms with Gasteiger partial charge in [-0.15, -0.1) is 11.6 Å². The SMILES string of the molecule is COc1cccc(CCNS(=O)(=O)CCCl)c1. The summed E-state index contributed by atoms with van der Waals surface area (Å²) in [6.45, 7) is 0.367. The van der Waals surface area contributed by atoms with Crippen LogP contribution in [0.25, 0.3) is 0 Å². The fourth-order valence-corrected chi connectivity index (χ4v) is 2.72. The van der Waals surface area contributed by atoms with Crippen LogP contribution >= 0.6 is 11.6 Å². The van der Waals surface area contributed by atoms with Crippen molar-refractivity contribution in [2.45, 2.75) is 6.42 Å². The van der Waals surface area contributed by atoms with E-state index in [1.54, 1.807) is 7.11 Å². The Kier molecular flexibility index (Phi) is 5.74. The molecule has 0 aliphatic rings. The number of ether oxygens (including phenoxy) is 1. The Labute approximate surface area is 107 Å². The lowest BCUT2D eigenvalue weighted by atomic mass is 10.1. The van der Waals surface area contributed by atoms with Gasteiger partial charge in [-0.25, -0.2) is 13.1 Å². The Morgan fingerprint density at radius 2 is 2.18 bits per heavy atom. The van der Waals surface area contributed by atoms with Crippen molar-refractivity contribution < 1.29 is 13.2 Å². The highest BCUT2D eigenvalue weighted by Gasteiger charge is 2.07. The molecule has 6 heteroatoms. The second kappa shape index (κ2) is 6.83. The molecule has 0 atom stereocenters. The molecule has 0 spiro atoms. The molecule has 0 saturated heterocycles. The van der Waals surface area contributed by atoms with Gasteiger partial charge in [-0.05, 0) is 24.1 Å². The van der Waals surface area contributed by atoms with E-state index in [2.05, 4.69) is 4.72 Å². The molecule has 1 N–H and O–H groups in total. The smallest absolute Gasteiger partial charge is 0.212 e. The van der Waals surface area contributed by atoms with Crippen molar-refractivity contribution >= 4 is 21.6 Å². The number of methoxy groups -OCH3 is 1. The maximum Gasteiger partial charge on any atom is 0.212 e. The van der Waals surface area contributed by atoms with Crippen molar-refractivity contribution in [2.24, 2.45) is 0 Å². The van der Waals surface area contributed by atoms with Crippen molar-refractivity contribution in [1.82, 2.24) is 4.72 Å². The van der Waals surface area contributed by atoms with Crippen LogP contribution in [0.15, 0.2) is 24.3 Å². The van der Waals surface area contributed by atoms with Crippen molar-refractivity contribution in [3.63, 3.8) is 0 Å². The average molecular weight is 278 g/mol. The normalized spacial score (nSPS) is 11.4. The van der Waals surface area contributed by atoms with E-state index in [0.717, 1.165) is 11.3 Å². The zero-order valence-corrected chi connectivity index (χ0v) is 11.2. The summed E-state index contributed by atoms with van der Waals surface area (Å²) < 4.78 is 30.2. The van der Waals surface area contributed by atoms with Gasteiger partial charge in [0.1, 0.15) is 5.75 Å². The number of alkyl halides is 1. The minimum atomic E-state index is -3.23. The van der Waals surface area contributed by atoms with Gasteiger partial charge in [0.15, 0.2) is 0 Å². The first-order valence-electron chi connectivity index (χ1n) is 5.23. The number of benzene rings is 1. The Morgan fingerprint density at radius 1 is 1.41 bits per heavy atom. The van der Waals surface area contributed by atoms with Gasteiger partial charge in [0.2, 0.25) is 10.0 Å². The molecule has 0 saturated carbocycles. The van der Waals surface area contributed by atoms with E-state index >= 15 is 0 Å². The van der Waals surface area contributed by atoms with E-state index < -0.39 is 10.0 Å². The molecule has 17 heavy (non-hydrogen) atoms. The zero-order chi connectivity index (χ0) is 12.7. The van der Waals surface area contributed by atoms with Crippen molar-refractivity contribution in [2.75, 3.05) is 25.3 Å². The lowest BCUT2D eigenvalue weighted by Gasteiger charge is -2.06. The summed E-state index contributed by atoms with van der Waals surface area (Å²) in [7, 11) is -1.63. The quantitative estimate of drug-likeness (QED) is 0.767. The van der Waals surface area contributed by atoms with Crippen LogP contribution in [-0.4, -0.2) is 33.7 Å². The third-order valence-electron chi connectivity index (χ3n) is 2.22. The van der Waals surface area contributed by atoms with Gasteiger partial charge in [0.25, 0.3) is 0 Å². The molecule has 4 nitrogen and oxygen atoms in total. The monoisotopic (exact) mass is 277 g/mol. The minimum Gasteiger partial charge on any atom is -0.497 e. The molecular weight excluding hydrogens is 262 g/mol. The van der Waals surface area contributed by atoms with Crippen LogP contribution in [0.3, 0.4) is 0 Å². The fourth-order valence-electron chi connectivity index (χ4n) is 1.35. The molecule has 0 unspecified atom stereocenters. The first kappa shape index (κ1) is 14.3. The minimum absolute atomic E-state index is 0.0489. The van der Waals surface area contributed by atoms with Crippen LogP contribution in [-0.2, 0) is 16.4 Å². The highest BCUT2D eigenvalue weighted by atomic mass is 35.5. The molecular formula is C11H16ClNO3S. The van der Waals surface area contributed by atoms with Gasteiger partial charge in [-0.1, -0.05) is 12.1 Å². The Morgan fingerprint density at radius 3 is 2.82 bits per heavy atom. The molecule has 0 heterocycles. The summed E-state index contributed by atoms with van der Waals surface area (Å²) in [6, 6.07) is 7.54. The van der Waals surface area contributed by atoms with Gasteiger partial charge in [0, 0.05) is 12.4 Å². The Balaban J connectivity index is 2.45. The second-order valence-corrected chi connectivity index (χ2v) is 5.81. The average Bonchev–Trinajstić information content (AvgIpc) is 2.29. The van der Waals surface area contributed by atoms with Crippen LogP contribution in [0.4, 0.5) is 0 Å².